The van der Waals surface area contributed by atoms with Gasteiger partial charge < -0.3 is 5.32 Å². The van der Waals surface area contributed by atoms with E-state index in [1.165, 1.54) is 69.0 Å². The second-order valence-corrected chi connectivity index (χ2v) is 11.0. The first-order valence-electron chi connectivity index (χ1n) is 13.4. The molecule has 0 bridgehead atoms. The number of nitrogens with zero attached hydrogens (tertiary/aromatic N) is 5. The maximum atomic E-state index is 3.49. The zero-order valence-corrected chi connectivity index (χ0v) is 21.7. The summed E-state index contributed by atoms with van der Waals surface area (Å²) in [7, 11) is 0. The van der Waals surface area contributed by atoms with E-state index in [-0.39, 0.29) is 0 Å². The molecule has 3 aliphatic rings. The Kier molecular flexibility index (Phi) is 9.19. The largest absolute Gasteiger partial charge is 0.314 e. The highest BCUT2D eigenvalue weighted by Crippen LogP contribution is 2.19. The molecule has 0 aromatic heterocycles. The van der Waals surface area contributed by atoms with Crippen molar-refractivity contribution in [2.24, 2.45) is 0 Å². The number of nitrogens with one attached hydrogen (secondary N) is 1. The first kappa shape index (κ1) is 25.1. The van der Waals surface area contributed by atoms with Crippen LogP contribution in [0.4, 0.5) is 0 Å². The van der Waals surface area contributed by atoms with E-state index in [0.29, 0.717) is 12.1 Å². The summed E-state index contributed by atoms with van der Waals surface area (Å²) in [6, 6.07) is 8.83. The van der Waals surface area contributed by atoms with Crippen molar-refractivity contribution in [2.45, 2.75) is 59.4 Å². The molecule has 6 heteroatoms. The fourth-order valence-electron chi connectivity index (χ4n) is 5.63. The van der Waals surface area contributed by atoms with Crippen molar-refractivity contribution in [3.8, 4) is 0 Å². The van der Waals surface area contributed by atoms with Crippen LogP contribution in [0.25, 0.3) is 0 Å². The lowest BCUT2D eigenvalue weighted by atomic mass is 10.0. The lowest BCUT2D eigenvalue weighted by Gasteiger charge is -2.37. The molecule has 0 saturated carbocycles. The molecular weight excluding hydrogens is 408 g/mol. The van der Waals surface area contributed by atoms with Gasteiger partial charge in [-0.2, -0.15) is 0 Å². The fourth-order valence-corrected chi connectivity index (χ4v) is 5.63. The second kappa shape index (κ2) is 12.1. The molecule has 0 atom stereocenters. The maximum absolute atomic E-state index is 3.49. The first-order chi connectivity index (χ1) is 16.0. The first-order valence-corrected chi connectivity index (χ1v) is 13.4. The fraction of sp³-hybridized carbons (Fsp3) is 0.778. The molecule has 3 fully saturated rings. The van der Waals surface area contributed by atoms with Gasteiger partial charge in [0.1, 0.15) is 0 Å². The molecule has 1 N–H and O–H groups in total. The van der Waals surface area contributed by atoms with Crippen molar-refractivity contribution in [1.82, 2.24) is 29.8 Å². The van der Waals surface area contributed by atoms with E-state index in [1.807, 2.05) is 0 Å². The van der Waals surface area contributed by atoms with Crippen LogP contribution in [0.2, 0.25) is 0 Å². The van der Waals surface area contributed by atoms with Crippen LogP contribution in [0.3, 0.4) is 0 Å². The predicted molar refractivity (Wildman–Crippen MR) is 139 cm³/mol. The topological polar surface area (TPSA) is 28.2 Å². The molecule has 0 amide bonds. The minimum absolute atomic E-state index is 0.664. The standard InChI is InChI=1S/C27H48N6/c1-23(2)32-13-9-30(10-14-32)21-26-17-25(20-29-7-5-28-6-8-29)18-27(19-26)22-31-11-15-33(16-12-31)24(3)4/h17-19,23-24,28H,5-16,20-22H2,1-4H3. The lowest BCUT2D eigenvalue weighted by molar-refractivity contribution is 0.103. The van der Waals surface area contributed by atoms with Gasteiger partial charge in [-0.1, -0.05) is 18.2 Å². The summed E-state index contributed by atoms with van der Waals surface area (Å²) in [4.78, 5) is 13.2. The van der Waals surface area contributed by atoms with Gasteiger partial charge in [-0.05, 0) is 44.4 Å². The molecule has 0 aliphatic carbocycles. The number of benzene rings is 1. The van der Waals surface area contributed by atoms with Gasteiger partial charge in [-0.25, -0.2) is 0 Å². The van der Waals surface area contributed by atoms with Gasteiger partial charge >= 0.3 is 0 Å². The molecule has 3 saturated heterocycles. The second-order valence-electron chi connectivity index (χ2n) is 11.0. The van der Waals surface area contributed by atoms with Crippen molar-refractivity contribution in [3.63, 3.8) is 0 Å². The van der Waals surface area contributed by atoms with Crippen LogP contribution in [0, 0.1) is 0 Å². The molecule has 4 rings (SSSR count). The summed E-state index contributed by atoms with van der Waals surface area (Å²) < 4.78 is 0. The van der Waals surface area contributed by atoms with Crippen molar-refractivity contribution in [3.05, 3.63) is 34.9 Å². The molecule has 3 aliphatic heterocycles. The van der Waals surface area contributed by atoms with Crippen LogP contribution in [0.5, 0.6) is 0 Å². The molecule has 1 aromatic carbocycles. The van der Waals surface area contributed by atoms with Crippen LogP contribution < -0.4 is 5.32 Å². The van der Waals surface area contributed by atoms with Gasteiger partial charge in [0.05, 0.1) is 0 Å². The molecule has 1 aromatic rings. The molecule has 186 valence electrons. The molecular formula is C27H48N6. The van der Waals surface area contributed by atoms with E-state index in [4.69, 9.17) is 0 Å². The zero-order valence-electron chi connectivity index (χ0n) is 21.7. The highest BCUT2D eigenvalue weighted by molar-refractivity contribution is 5.30. The van der Waals surface area contributed by atoms with Crippen molar-refractivity contribution < 1.29 is 0 Å². The van der Waals surface area contributed by atoms with Crippen molar-refractivity contribution >= 4 is 0 Å². The Bertz CT molecular complexity index is 665. The van der Waals surface area contributed by atoms with Gasteiger partial charge in [0.15, 0.2) is 0 Å². The number of rotatable bonds is 8. The summed E-state index contributed by atoms with van der Waals surface area (Å²) in [5.74, 6) is 0. The number of hydrogen-bond donors (Lipinski definition) is 1. The van der Waals surface area contributed by atoms with Crippen molar-refractivity contribution in [2.75, 3.05) is 78.5 Å². The van der Waals surface area contributed by atoms with E-state index < -0.39 is 0 Å². The Balaban J connectivity index is 1.41. The Hall–Kier alpha value is -1.02. The van der Waals surface area contributed by atoms with Gasteiger partial charge in [-0.3, -0.25) is 24.5 Å². The molecule has 3 heterocycles. The summed E-state index contributed by atoms with van der Waals surface area (Å²) in [6.45, 7) is 26.7. The van der Waals surface area contributed by atoms with Gasteiger partial charge in [0.25, 0.3) is 0 Å². The molecule has 0 unspecified atom stereocenters. The van der Waals surface area contributed by atoms with Crippen LogP contribution in [0.1, 0.15) is 44.4 Å². The SMILES string of the molecule is CC(C)N1CCN(Cc2cc(CN3CCNCC3)cc(CN3CCN(C(C)C)CC3)c2)CC1. The van der Waals surface area contributed by atoms with E-state index >= 15 is 0 Å². The number of piperazine rings is 3. The maximum Gasteiger partial charge on any atom is 0.0235 e. The van der Waals surface area contributed by atoms with Crippen LogP contribution in [0.15, 0.2) is 18.2 Å². The van der Waals surface area contributed by atoms with E-state index in [2.05, 4.69) is 75.7 Å². The van der Waals surface area contributed by atoms with E-state index in [9.17, 15) is 0 Å². The molecule has 33 heavy (non-hydrogen) atoms. The minimum atomic E-state index is 0.664. The van der Waals surface area contributed by atoms with Crippen LogP contribution in [-0.4, -0.2) is 115 Å². The van der Waals surface area contributed by atoms with Gasteiger partial charge in [0, 0.05) is 110 Å². The molecule has 0 radical (unpaired) electrons. The van der Waals surface area contributed by atoms with Crippen LogP contribution in [-0.2, 0) is 19.6 Å². The Morgan fingerprint density at radius 1 is 0.545 bits per heavy atom. The third-order valence-electron chi connectivity index (χ3n) is 7.81. The van der Waals surface area contributed by atoms with E-state index in [1.54, 1.807) is 0 Å². The number of hydrogen-bond acceptors (Lipinski definition) is 6. The Morgan fingerprint density at radius 3 is 1.21 bits per heavy atom. The van der Waals surface area contributed by atoms with E-state index in [0.717, 1.165) is 45.8 Å². The van der Waals surface area contributed by atoms with Crippen LogP contribution >= 0.6 is 0 Å². The van der Waals surface area contributed by atoms with Gasteiger partial charge in [-0.15, -0.1) is 0 Å². The average Bonchev–Trinajstić information content (AvgIpc) is 2.80. The molecule has 6 nitrogen and oxygen atoms in total. The minimum Gasteiger partial charge on any atom is -0.314 e. The van der Waals surface area contributed by atoms with Gasteiger partial charge in [0.2, 0.25) is 0 Å². The zero-order chi connectivity index (χ0) is 23.2. The molecule has 0 spiro atoms. The smallest absolute Gasteiger partial charge is 0.0235 e. The Labute approximate surface area is 202 Å². The lowest BCUT2D eigenvalue weighted by Crippen LogP contribution is -2.48. The average molecular weight is 457 g/mol. The summed E-state index contributed by atoms with van der Waals surface area (Å²) >= 11 is 0. The Morgan fingerprint density at radius 2 is 0.879 bits per heavy atom. The summed E-state index contributed by atoms with van der Waals surface area (Å²) in [5, 5.41) is 3.49. The predicted octanol–water partition coefficient (Wildman–Crippen LogP) is 2.14. The highest BCUT2D eigenvalue weighted by atomic mass is 15.3. The third kappa shape index (κ3) is 7.48. The third-order valence-corrected chi connectivity index (χ3v) is 7.81. The summed E-state index contributed by atoms with van der Waals surface area (Å²) in [6.07, 6.45) is 0. The monoisotopic (exact) mass is 456 g/mol. The quantitative estimate of drug-likeness (QED) is 0.645. The highest BCUT2D eigenvalue weighted by Gasteiger charge is 2.21. The van der Waals surface area contributed by atoms with Crippen molar-refractivity contribution in [1.29, 1.82) is 0 Å². The normalized spacial score (nSPS) is 23.1. The summed E-state index contributed by atoms with van der Waals surface area (Å²) in [5.41, 5.74) is 4.53.